The Balaban J connectivity index is 1.28. The van der Waals surface area contributed by atoms with Gasteiger partial charge in [0.05, 0.1) is 5.41 Å². The summed E-state index contributed by atoms with van der Waals surface area (Å²) in [6, 6.07) is 21.9. The van der Waals surface area contributed by atoms with Gasteiger partial charge in [0.15, 0.2) is 6.10 Å². The Labute approximate surface area is 236 Å². The minimum atomic E-state index is -0.604. The minimum Gasteiger partial charge on any atom is -0.492 e. The summed E-state index contributed by atoms with van der Waals surface area (Å²) in [5.41, 5.74) is 4.59. The van der Waals surface area contributed by atoms with E-state index >= 15 is 0 Å². The van der Waals surface area contributed by atoms with E-state index in [0.717, 1.165) is 45.9 Å². The van der Waals surface area contributed by atoms with Crippen LogP contribution in [0.4, 0.5) is 0 Å². The van der Waals surface area contributed by atoms with Crippen molar-refractivity contribution in [1.82, 2.24) is 4.90 Å². The fourth-order valence-corrected chi connectivity index (χ4v) is 5.54. The van der Waals surface area contributed by atoms with E-state index in [4.69, 9.17) is 18.9 Å². The molecule has 6 heteroatoms. The predicted octanol–water partition coefficient (Wildman–Crippen LogP) is 6.94. The van der Waals surface area contributed by atoms with Crippen LogP contribution < -0.4 is 18.9 Å². The molecule has 0 amide bonds. The molecule has 1 atom stereocenters. The lowest BCUT2D eigenvalue weighted by atomic mass is 9.84. The zero-order valence-corrected chi connectivity index (χ0v) is 23.6. The SMILES string of the molecule is CC(C)(C)C(=O)Oc1ccc2c(c1)OC(c1ccc(OCCN3CCCCC3)cc1)C1=C2COc2ccccc21. The van der Waals surface area contributed by atoms with Gasteiger partial charge in [-0.2, -0.15) is 0 Å². The molecule has 0 aromatic heterocycles. The molecule has 6 nitrogen and oxygen atoms in total. The molecule has 0 saturated carbocycles. The molecule has 6 rings (SSSR count). The average molecular weight is 540 g/mol. The summed E-state index contributed by atoms with van der Waals surface area (Å²) in [5, 5.41) is 0. The molecule has 3 aromatic rings. The molecule has 3 aliphatic heterocycles. The molecule has 0 bridgehead atoms. The Morgan fingerprint density at radius 3 is 2.42 bits per heavy atom. The number of piperidine rings is 1. The van der Waals surface area contributed by atoms with Crippen molar-refractivity contribution in [3.8, 4) is 23.0 Å². The monoisotopic (exact) mass is 539 g/mol. The summed E-state index contributed by atoms with van der Waals surface area (Å²) in [5.74, 6) is 2.57. The van der Waals surface area contributed by atoms with Crippen LogP contribution in [0.15, 0.2) is 66.7 Å². The van der Waals surface area contributed by atoms with Crippen molar-refractivity contribution in [2.45, 2.75) is 46.1 Å². The molecule has 0 spiro atoms. The number of carbonyl (C=O) groups is 1. The molecular formula is C34H37NO5. The van der Waals surface area contributed by atoms with Gasteiger partial charge >= 0.3 is 5.97 Å². The maximum atomic E-state index is 12.5. The molecular weight excluding hydrogens is 502 g/mol. The number of ether oxygens (including phenoxy) is 4. The predicted molar refractivity (Wildman–Crippen MR) is 156 cm³/mol. The second-order valence-electron chi connectivity index (χ2n) is 11.8. The first-order chi connectivity index (χ1) is 19.4. The second-order valence-corrected chi connectivity index (χ2v) is 11.8. The lowest BCUT2D eigenvalue weighted by Gasteiger charge is -2.35. The molecule has 1 saturated heterocycles. The van der Waals surface area contributed by atoms with Crippen LogP contribution in [0.2, 0.25) is 0 Å². The van der Waals surface area contributed by atoms with Gasteiger partial charge in [-0.25, -0.2) is 0 Å². The van der Waals surface area contributed by atoms with Crippen LogP contribution in [0.1, 0.15) is 62.8 Å². The molecule has 1 unspecified atom stereocenters. The van der Waals surface area contributed by atoms with Gasteiger partial charge in [0.2, 0.25) is 0 Å². The van der Waals surface area contributed by atoms with E-state index in [1.807, 2.05) is 69.3 Å². The summed E-state index contributed by atoms with van der Waals surface area (Å²) in [7, 11) is 0. The van der Waals surface area contributed by atoms with E-state index in [-0.39, 0.29) is 12.1 Å². The van der Waals surface area contributed by atoms with Gasteiger partial charge in [-0.1, -0.05) is 36.8 Å². The van der Waals surface area contributed by atoms with Gasteiger partial charge in [-0.3, -0.25) is 9.69 Å². The third-order valence-corrected chi connectivity index (χ3v) is 7.79. The average Bonchev–Trinajstić information content (AvgIpc) is 2.97. The van der Waals surface area contributed by atoms with E-state index in [1.54, 1.807) is 0 Å². The van der Waals surface area contributed by atoms with Gasteiger partial charge in [-0.15, -0.1) is 0 Å². The Kier molecular flexibility index (Phi) is 7.28. The first-order valence-corrected chi connectivity index (χ1v) is 14.3. The van der Waals surface area contributed by atoms with E-state index in [0.29, 0.717) is 24.7 Å². The number of esters is 1. The molecule has 3 heterocycles. The fourth-order valence-electron chi connectivity index (χ4n) is 5.54. The first kappa shape index (κ1) is 26.5. The summed E-state index contributed by atoms with van der Waals surface area (Å²) in [6.07, 6.45) is 3.56. The smallest absolute Gasteiger partial charge is 0.316 e. The summed E-state index contributed by atoms with van der Waals surface area (Å²) in [6.45, 7) is 9.95. The Bertz CT molecular complexity index is 1410. The van der Waals surface area contributed by atoms with Crippen LogP contribution in [-0.2, 0) is 4.79 Å². The topological polar surface area (TPSA) is 57.2 Å². The third-order valence-electron chi connectivity index (χ3n) is 7.79. The van der Waals surface area contributed by atoms with Crippen molar-refractivity contribution in [2.75, 3.05) is 32.8 Å². The highest BCUT2D eigenvalue weighted by atomic mass is 16.5. The first-order valence-electron chi connectivity index (χ1n) is 14.3. The number of carbonyl (C=O) groups excluding carboxylic acids is 1. The van der Waals surface area contributed by atoms with Crippen LogP contribution in [0.3, 0.4) is 0 Å². The zero-order chi connectivity index (χ0) is 27.7. The molecule has 3 aliphatic rings. The Morgan fingerprint density at radius 2 is 1.65 bits per heavy atom. The molecule has 0 radical (unpaired) electrons. The number of benzene rings is 3. The number of nitrogens with zero attached hydrogens (tertiary/aromatic N) is 1. The van der Waals surface area contributed by atoms with E-state index in [9.17, 15) is 4.79 Å². The van der Waals surface area contributed by atoms with Crippen LogP contribution in [-0.4, -0.2) is 43.7 Å². The highest BCUT2D eigenvalue weighted by Crippen LogP contribution is 2.51. The van der Waals surface area contributed by atoms with Crippen molar-refractivity contribution in [3.63, 3.8) is 0 Å². The number of fused-ring (bicyclic) bond motifs is 4. The minimum absolute atomic E-state index is 0.287. The third kappa shape index (κ3) is 5.46. The highest BCUT2D eigenvalue weighted by molar-refractivity contribution is 5.99. The number of hydrogen-bond acceptors (Lipinski definition) is 6. The second kappa shape index (κ2) is 11.0. The van der Waals surface area contributed by atoms with Crippen molar-refractivity contribution in [3.05, 3.63) is 83.4 Å². The number of rotatable bonds is 6. The summed E-state index contributed by atoms with van der Waals surface area (Å²) < 4.78 is 24.6. The number of para-hydroxylation sites is 1. The molecule has 3 aromatic carbocycles. The quantitative estimate of drug-likeness (QED) is 0.250. The number of likely N-dealkylation sites (tertiary alicyclic amines) is 1. The molecule has 0 N–H and O–H groups in total. The maximum absolute atomic E-state index is 12.5. The van der Waals surface area contributed by atoms with E-state index in [2.05, 4.69) is 23.1 Å². The van der Waals surface area contributed by atoms with Crippen LogP contribution in [0.25, 0.3) is 11.1 Å². The molecule has 0 aliphatic carbocycles. The number of hydrogen-bond donors (Lipinski definition) is 0. The summed E-state index contributed by atoms with van der Waals surface area (Å²) in [4.78, 5) is 15.0. The largest absolute Gasteiger partial charge is 0.492 e. The lowest BCUT2D eigenvalue weighted by molar-refractivity contribution is -0.143. The highest BCUT2D eigenvalue weighted by Gasteiger charge is 2.35. The lowest BCUT2D eigenvalue weighted by Crippen LogP contribution is -2.33. The summed E-state index contributed by atoms with van der Waals surface area (Å²) >= 11 is 0. The van der Waals surface area contributed by atoms with Crippen LogP contribution in [0.5, 0.6) is 23.0 Å². The van der Waals surface area contributed by atoms with Crippen molar-refractivity contribution < 1.29 is 23.7 Å². The normalized spacial score (nSPS) is 18.5. The van der Waals surface area contributed by atoms with Gasteiger partial charge in [0.25, 0.3) is 0 Å². The Hall–Kier alpha value is -3.77. The van der Waals surface area contributed by atoms with Gasteiger partial charge < -0.3 is 18.9 Å². The van der Waals surface area contributed by atoms with Crippen molar-refractivity contribution >= 4 is 17.1 Å². The van der Waals surface area contributed by atoms with E-state index in [1.165, 1.54) is 32.4 Å². The van der Waals surface area contributed by atoms with Crippen molar-refractivity contribution in [2.24, 2.45) is 5.41 Å². The van der Waals surface area contributed by atoms with Gasteiger partial charge in [-0.05, 0) is 82.6 Å². The van der Waals surface area contributed by atoms with Crippen LogP contribution >= 0.6 is 0 Å². The molecule has 40 heavy (non-hydrogen) atoms. The van der Waals surface area contributed by atoms with Crippen LogP contribution in [0, 0.1) is 5.41 Å². The fraction of sp³-hybridized carbons (Fsp3) is 0.382. The van der Waals surface area contributed by atoms with Crippen molar-refractivity contribution in [1.29, 1.82) is 0 Å². The molecule has 1 fully saturated rings. The van der Waals surface area contributed by atoms with Gasteiger partial charge in [0.1, 0.15) is 36.2 Å². The standard InChI is InChI=1S/C34H37NO5/c1-34(2,3)33(36)39-25-15-16-26-28-22-38-29-10-6-5-9-27(29)31(28)32(40-30(26)21-25)23-11-13-24(14-12-23)37-20-19-35-17-7-4-8-18-35/h5-6,9-16,21,32H,4,7-8,17-20,22H2,1-3H3. The maximum Gasteiger partial charge on any atom is 0.316 e. The molecule has 208 valence electrons. The zero-order valence-electron chi connectivity index (χ0n) is 23.6. The van der Waals surface area contributed by atoms with E-state index < -0.39 is 5.41 Å². The Morgan fingerprint density at radius 1 is 0.900 bits per heavy atom. The van der Waals surface area contributed by atoms with Gasteiger partial charge in [0, 0.05) is 34.9 Å².